The third-order valence-corrected chi connectivity index (χ3v) is 3.85. The zero-order valence-corrected chi connectivity index (χ0v) is 11.7. The summed E-state index contributed by atoms with van der Waals surface area (Å²) in [5, 5.41) is 8.87. The molecule has 0 amide bonds. The average molecular weight is 264 g/mol. The van der Waals surface area contributed by atoms with Crippen molar-refractivity contribution in [1.82, 2.24) is 0 Å². The van der Waals surface area contributed by atoms with E-state index >= 15 is 0 Å². The third-order valence-electron chi connectivity index (χ3n) is 3.85. The van der Waals surface area contributed by atoms with E-state index in [4.69, 9.17) is 14.6 Å². The quantitative estimate of drug-likeness (QED) is 0.887. The summed E-state index contributed by atoms with van der Waals surface area (Å²) in [6.45, 7) is 5.23. The van der Waals surface area contributed by atoms with Crippen LogP contribution in [0.15, 0.2) is 12.1 Å². The van der Waals surface area contributed by atoms with Crippen LogP contribution in [0.3, 0.4) is 0 Å². The van der Waals surface area contributed by atoms with Crippen molar-refractivity contribution in [2.75, 3.05) is 20.3 Å². The topological polar surface area (TPSA) is 55.8 Å². The van der Waals surface area contributed by atoms with Crippen molar-refractivity contribution < 1.29 is 19.4 Å². The first-order valence-electron chi connectivity index (χ1n) is 6.44. The van der Waals surface area contributed by atoms with Crippen molar-refractivity contribution in [2.24, 2.45) is 0 Å². The van der Waals surface area contributed by atoms with Crippen molar-refractivity contribution in [3.8, 4) is 5.75 Å². The zero-order valence-electron chi connectivity index (χ0n) is 11.7. The Morgan fingerprint density at radius 2 is 1.95 bits per heavy atom. The Morgan fingerprint density at radius 3 is 2.32 bits per heavy atom. The number of ether oxygens (including phenoxy) is 2. The van der Waals surface area contributed by atoms with Gasteiger partial charge in [0, 0.05) is 11.8 Å². The molecule has 0 aromatic heterocycles. The second-order valence-corrected chi connectivity index (χ2v) is 5.31. The van der Waals surface area contributed by atoms with E-state index in [0.717, 1.165) is 22.4 Å². The van der Waals surface area contributed by atoms with E-state index in [-0.39, 0.29) is 11.8 Å². The number of hydrogen-bond acceptors (Lipinski definition) is 3. The Labute approximate surface area is 113 Å². The van der Waals surface area contributed by atoms with Gasteiger partial charge >= 0.3 is 5.97 Å². The molecule has 1 N–H and O–H groups in total. The molecule has 1 fully saturated rings. The van der Waals surface area contributed by atoms with Gasteiger partial charge in [-0.05, 0) is 37.0 Å². The Kier molecular flexibility index (Phi) is 3.80. The fraction of sp³-hybridized carbons (Fsp3) is 0.533. The number of benzene rings is 1. The minimum Gasteiger partial charge on any atom is -0.496 e. The van der Waals surface area contributed by atoms with Crippen LogP contribution in [0.1, 0.15) is 29.5 Å². The molecule has 1 heterocycles. The van der Waals surface area contributed by atoms with Crippen molar-refractivity contribution >= 4 is 5.97 Å². The van der Waals surface area contributed by atoms with Crippen molar-refractivity contribution in [1.29, 1.82) is 0 Å². The van der Waals surface area contributed by atoms with Gasteiger partial charge in [-0.15, -0.1) is 0 Å². The smallest absolute Gasteiger partial charge is 0.303 e. The summed E-state index contributed by atoms with van der Waals surface area (Å²) in [7, 11) is 1.67. The van der Waals surface area contributed by atoms with Crippen LogP contribution in [-0.2, 0) is 14.9 Å². The second-order valence-electron chi connectivity index (χ2n) is 5.31. The summed E-state index contributed by atoms with van der Waals surface area (Å²) in [6, 6.07) is 4.19. The van der Waals surface area contributed by atoms with Gasteiger partial charge in [0.25, 0.3) is 0 Å². The molecule has 0 spiro atoms. The fourth-order valence-corrected chi connectivity index (χ4v) is 2.73. The lowest BCUT2D eigenvalue weighted by molar-refractivity contribution is -0.139. The molecule has 1 saturated heterocycles. The monoisotopic (exact) mass is 264 g/mol. The Morgan fingerprint density at radius 1 is 1.37 bits per heavy atom. The Bertz CT molecular complexity index is 466. The molecule has 19 heavy (non-hydrogen) atoms. The van der Waals surface area contributed by atoms with Crippen LogP contribution in [0.25, 0.3) is 0 Å². The third kappa shape index (κ3) is 2.59. The van der Waals surface area contributed by atoms with E-state index < -0.39 is 5.97 Å². The molecule has 1 aromatic rings. The summed E-state index contributed by atoms with van der Waals surface area (Å²) in [4.78, 5) is 10.8. The molecule has 4 heteroatoms. The molecule has 0 atom stereocenters. The first-order valence-corrected chi connectivity index (χ1v) is 6.44. The minimum absolute atomic E-state index is 0.139. The number of carboxylic acid groups (broad SMARTS) is 1. The van der Waals surface area contributed by atoms with Gasteiger partial charge < -0.3 is 14.6 Å². The van der Waals surface area contributed by atoms with Gasteiger partial charge in [0.1, 0.15) is 5.75 Å². The van der Waals surface area contributed by atoms with Crippen LogP contribution < -0.4 is 4.74 Å². The van der Waals surface area contributed by atoms with Crippen LogP contribution in [0.4, 0.5) is 0 Å². The first kappa shape index (κ1) is 13.9. The van der Waals surface area contributed by atoms with Crippen LogP contribution >= 0.6 is 0 Å². The maximum atomic E-state index is 10.8. The number of rotatable bonds is 5. The fourth-order valence-electron chi connectivity index (χ4n) is 2.73. The summed E-state index contributed by atoms with van der Waals surface area (Å²) >= 11 is 0. The number of aliphatic carboxylic acids is 1. The first-order chi connectivity index (χ1) is 8.98. The number of hydrogen-bond donors (Lipinski definition) is 1. The standard InChI is InChI=1S/C15H20O4/c1-10-6-12(7-11(2)14(10)18-3)15(8-19-9-15)5-4-13(16)17/h6-7H,4-5,8-9H2,1-3H3,(H,16,17). The van der Waals surface area contributed by atoms with E-state index in [1.807, 2.05) is 13.8 Å². The molecule has 0 radical (unpaired) electrons. The molecule has 1 aromatic carbocycles. The van der Waals surface area contributed by atoms with Crippen LogP contribution in [-0.4, -0.2) is 31.4 Å². The van der Waals surface area contributed by atoms with Crippen molar-refractivity contribution in [2.45, 2.75) is 32.1 Å². The lowest BCUT2D eigenvalue weighted by Gasteiger charge is -2.42. The summed E-state index contributed by atoms with van der Waals surface area (Å²) in [5.41, 5.74) is 3.19. The lowest BCUT2D eigenvalue weighted by Crippen LogP contribution is -2.47. The number of carbonyl (C=O) groups is 1. The van der Waals surface area contributed by atoms with Crippen LogP contribution in [0.5, 0.6) is 5.75 Å². The van der Waals surface area contributed by atoms with Gasteiger partial charge in [0.2, 0.25) is 0 Å². The highest BCUT2D eigenvalue weighted by Crippen LogP contribution is 2.39. The molecule has 4 nitrogen and oxygen atoms in total. The summed E-state index contributed by atoms with van der Waals surface area (Å²) in [5.74, 6) is 0.144. The predicted octanol–water partition coefficient (Wildman–Crippen LogP) is 2.44. The van der Waals surface area contributed by atoms with Gasteiger partial charge in [-0.2, -0.15) is 0 Å². The molecule has 0 saturated carbocycles. The number of carboxylic acids is 1. The Balaban J connectivity index is 2.31. The van der Waals surface area contributed by atoms with Gasteiger partial charge in [-0.3, -0.25) is 4.79 Å². The SMILES string of the molecule is COc1c(C)cc(C2(CCC(=O)O)COC2)cc1C. The highest BCUT2D eigenvalue weighted by atomic mass is 16.5. The number of methoxy groups -OCH3 is 1. The largest absolute Gasteiger partial charge is 0.496 e. The van der Waals surface area contributed by atoms with Crippen molar-refractivity contribution in [3.05, 3.63) is 28.8 Å². The molecule has 0 unspecified atom stereocenters. The van der Waals surface area contributed by atoms with Crippen molar-refractivity contribution in [3.63, 3.8) is 0 Å². The van der Waals surface area contributed by atoms with E-state index in [1.54, 1.807) is 7.11 Å². The number of aryl methyl sites for hydroxylation is 2. The van der Waals surface area contributed by atoms with E-state index in [1.165, 1.54) is 0 Å². The highest BCUT2D eigenvalue weighted by molar-refractivity contribution is 5.67. The molecular formula is C15H20O4. The summed E-state index contributed by atoms with van der Waals surface area (Å²) in [6.07, 6.45) is 0.793. The van der Waals surface area contributed by atoms with E-state index in [9.17, 15) is 4.79 Å². The minimum atomic E-state index is -0.756. The molecular weight excluding hydrogens is 244 g/mol. The predicted molar refractivity (Wildman–Crippen MR) is 71.8 cm³/mol. The molecule has 1 aliphatic heterocycles. The lowest BCUT2D eigenvalue weighted by atomic mass is 9.74. The van der Waals surface area contributed by atoms with Gasteiger partial charge in [0.15, 0.2) is 0 Å². The van der Waals surface area contributed by atoms with Gasteiger partial charge in [-0.25, -0.2) is 0 Å². The maximum absolute atomic E-state index is 10.8. The summed E-state index contributed by atoms with van der Waals surface area (Å²) < 4.78 is 10.7. The molecule has 1 aliphatic rings. The van der Waals surface area contributed by atoms with Gasteiger partial charge in [-0.1, -0.05) is 12.1 Å². The van der Waals surface area contributed by atoms with E-state index in [0.29, 0.717) is 19.6 Å². The molecule has 2 rings (SSSR count). The molecule has 104 valence electrons. The van der Waals surface area contributed by atoms with E-state index in [2.05, 4.69) is 12.1 Å². The Hall–Kier alpha value is -1.55. The van der Waals surface area contributed by atoms with Crippen LogP contribution in [0.2, 0.25) is 0 Å². The maximum Gasteiger partial charge on any atom is 0.303 e. The normalized spacial score (nSPS) is 16.8. The molecule has 0 bridgehead atoms. The second kappa shape index (κ2) is 5.21. The van der Waals surface area contributed by atoms with Crippen LogP contribution in [0, 0.1) is 13.8 Å². The van der Waals surface area contributed by atoms with Gasteiger partial charge in [0.05, 0.1) is 20.3 Å². The highest BCUT2D eigenvalue weighted by Gasteiger charge is 2.40. The molecule has 0 aliphatic carbocycles. The zero-order chi connectivity index (χ0) is 14.0. The average Bonchev–Trinajstić information content (AvgIpc) is 2.26.